The quantitative estimate of drug-likeness (QED) is 0.519. The van der Waals surface area contributed by atoms with E-state index in [4.69, 9.17) is 9.47 Å². The molecule has 3 unspecified atom stereocenters. The highest BCUT2D eigenvalue weighted by Crippen LogP contribution is 2.27. The molecule has 7 nitrogen and oxygen atoms in total. The van der Waals surface area contributed by atoms with Crippen LogP contribution in [0, 0.1) is 17.6 Å². The van der Waals surface area contributed by atoms with Crippen molar-refractivity contribution in [2.45, 2.75) is 24.9 Å². The highest BCUT2D eigenvalue weighted by Gasteiger charge is 2.32. The predicted molar refractivity (Wildman–Crippen MR) is 117 cm³/mol. The third kappa shape index (κ3) is 5.45. The van der Waals surface area contributed by atoms with Crippen molar-refractivity contribution < 1.29 is 18.3 Å². The van der Waals surface area contributed by atoms with Crippen LogP contribution in [0.4, 0.5) is 14.5 Å². The molecule has 3 aliphatic rings. The summed E-state index contributed by atoms with van der Waals surface area (Å²) in [5.41, 5.74) is 0.0587. The number of hydrogen-bond acceptors (Lipinski definition) is 5. The molecule has 3 aliphatic heterocycles. The molecule has 3 fully saturated rings. The summed E-state index contributed by atoms with van der Waals surface area (Å²) in [6.07, 6.45) is 1.86. The van der Waals surface area contributed by atoms with Gasteiger partial charge in [0.1, 0.15) is 17.3 Å². The predicted octanol–water partition coefficient (Wildman–Crippen LogP) is 1.45. The third-order valence-corrected chi connectivity index (χ3v) is 6.51. The molecular formula is C22H33F2N5O2. The second kappa shape index (κ2) is 10.6. The summed E-state index contributed by atoms with van der Waals surface area (Å²) in [5.74, 6) is 0.179. The Labute approximate surface area is 182 Å². The summed E-state index contributed by atoms with van der Waals surface area (Å²) in [6.45, 7) is 6.91. The SMILES string of the molecule is CN=C(NCC(C1CCOC1)N1CCOCC1)NC1CCN(c2c(F)cccc2F)C1. The number of halogens is 2. The van der Waals surface area contributed by atoms with Gasteiger partial charge in [0.2, 0.25) is 0 Å². The van der Waals surface area contributed by atoms with E-state index in [9.17, 15) is 8.78 Å². The van der Waals surface area contributed by atoms with Crippen LogP contribution in [0.1, 0.15) is 12.8 Å². The standard InChI is InChI=1S/C22H33F2N5O2/c1-25-22(26-13-20(16-6-10-31-15-16)28-8-11-30-12-9-28)27-17-5-7-29(14-17)21-18(23)3-2-4-19(21)24/h2-4,16-17,20H,5-15H2,1H3,(H2,25,26,27). The molecule has 3 atom stereocenters. The molecule has 0 spiro atoms. The first-order valence-corrected chi connectivity index (χ1v) is 11.2. The van der Waals surface area contributed by atoms with E-state index < -0.39 is 11.6 Å². The monoisotopic (exact) mass is 437 g/mol. The molecule has 1 aromatic carbocycles. The molecule has 1 aromatic rings. The molecule has 3 saturated heterocycles. The Hall–Kier alpha value is -1.97. The maximum absolute atomic E-state index is 14.1. The molecule has 3 heterocycles. The fraction of sp³-hybridized carbons (Fsp3) is 0.682. The summed E-state index contributed by atoms with van der Waals surface area (Å²) in [7, 11) is 1.75. The maximum atomic E-state index is 14.1. The lowest BCUT2D eigenvalue weighted by Crippen LogP contribution is -2.54. The maximum Gasteiger partial charge on any atom is 0.191 e. The number of benzene rings is 1. The van der Waals surface area contributed by atoms with E-state index in [0.29, 0.717) is 25.0 Å². The van der Waals surface area contributed by atoms with E-state index in [-0.39, 0.29) is 11.7 Å². The fourth-order valence-corrected chi connectivity index (χ4v) is 4.82. The minimum absolute atomic E-state index is 0.0587. The lowest BCUT2D eigenvalue weighted by Gasteiger charge is -2.37. The molecule has 172 valence electrons. The zero-order valence-corrected chi connectivity index (χ0v) is 18.2. The summed E-state index contributed by atoms with van der Waals surface area (Å²) in [4.78, 5) is 8.63. The molecule has 0 radical (unpaired) electrons. The van der Waals surface area contributed by atoms with Crippen LogP contribution in [-0.4, -0.2) is 89.1 Å². The van der Waals surface area contributed by atoms with Crippen LogP contribution in [0.25, 0.3) is 0 Å². The van der Waals surface area contributed by atoms with Gasteiger partial charge in [0.15, 0.2) is 5.96 Å². The van der Waals surface area contributed by atoms with E-state index in [1.54, 1.807) is 11.9 Å². The Morgan fingerprint density at radius 1 is 1.13 bits per heavy atom. The van der Waals surface area contributed by atoms with Gasteiger partial charge in [-0.2, -0.15) is 0 Å². The van der Waals surface area contributed by atoms with Crippen molar-refractivity contribution in [2.75, 3.05) is 71.1 Å². The zero-order valence-electron chi connectivity index (χ0n) is 18.2. The molecule has 4 rings (SSSR count). The number of para-hydroxylation sites is 1. The van der Waals surface area contributed by atoms with Crippen LogP contribution in [-0.2, 0) is 9.47 Å². The van der Waals surface area contributed by atoms with E-state index in [2.05, 4.69) is 20.5 Å². The first kappa shape index (κ1) is 22.2. The van der Waals surface area contributed by atoms with Gasteiger partial charge in [-0.05, 0) is 25.0 Å². The highest BCUT2D eigenvalue weighted by atomic mass is 19.1. The molecule has 0 amide bonds. The number of aliphatic imine (C=N–C) groups is 1. The average Bonchev–Trinajstić information content (AvgIpc) is 3.46. The van der Waals surface area contributed by atoms with Crippen molar-refractivity contribution in [1.29, 1.82) is 0 Å². The largest absolute Gasteiger partial charge is 0.381 e. The smallest absolute Gasteiger partial charge is 0.191 e. The molecule has 0 bridgehead atoms. The average molecular weight is 438 g/mol. The molecule has 31 heavy (non-hydrogen) atoms. The van der Waals surface area contributed by atoms with Crippen molar-refractivity contribution in [3.8, 4) is 0 Å². The van der Waals surface area contributed by atoms with Crippen LogP contribution in [0.2, 0.25) is 0 Å². The number of nitrogens with one attached hydrogen (secondary N) is 2. The fourth-order valence-electron chi connectivity index (χ4n) is 4.82. The lowest BCUT2D eigenvalue weighted by atomic mass is 9.97. The van der Waals surface area contributed by atoms with Gasteiger partial charge in [-0.1, -0.05) is 6.07 Å². The van der Waals surface area contributed by atoms with E-state index in [1.165, 1.54) is 18.2 Å². The molecule has 9 heteroatoms. The van der Waals surface area contributed by atoms with Gasteiger partial charge in [-0.3, -0.25) is 9.89 Å². The number of guanidine groups is 1. The highest BCUT2D eigenvalue weighted by molar-refractivity contribution is 5.80. The van der Waals surface area contributed by atoms with Crippen LogP contribution in [0.3, 0.4) is 0 Å². The van der Waals surface area contributed by atoms with E-state index in [0.717, 1.165) is 64.9 Å². The second-order valence-corrected chi connectivity index (χ2v) is 8.44. The van der Waals surface area contributed by atoms with Crippen LogP contribution >= 0.6 is 0 Å². The van der Waals surface area contributed by atoms with Gasteiger partial charge in [0.05, 0.1) is 19.8 Å². The van der Waals surface area contributed by atoms with Gasteiger partial charge in [0, 0.05) is 64.4 Å². The summed E-state index contributed by atoms with van der Waals surface area (Å²) in [5, 5.41) is 6.91. The number of anilines is 1. The van der Waals surface area contributed by atoms with Gasteiger partial charge < -0.3 is 25.0 Å². The Morgan fingerprint density at radius 3 is 2.58 bits per heavy atom. The molecule has 0 aromatic heterocycles. The molecule has 0 aliphatic carbocycles. The Bertz CT molecular complexity index is 733. The Morgan fingerprint density at radius 2 is 1.90 bits per heavy atom. The number of rotatable bonds is 6. The summed E-state index contributed by atoms with van der Waals surface area (Å²) >= 11 is 0. The first-order chi connectivity index (χ1) is 15.2. The second-order valence-electron chi connectivity index (χ2n) is 8.44. The Kier molecular flexibility index (Phi) is 7.58. The molecule has 2 N–H and O–H groups in total. The minimum Gasteiger partial charge on any atom is -0.381 e. The minimum atomic E-state index is -0.518. The number of hydrogen-bond donors (Lipinski definition) is 2. The van der Waals surface area contributed by atoms with Crippen molar-refractivity contribution in [3.05, 3.63) is 29.8 Å². The van der Waals surface area contributed by atoms with Gasteiger partial charge in [0.25, 0.3) is 0 Å². The topological polar surface area (TPSA) is 61.4 Å². The van der Waals surface area contributed by atoms with Crippen LogP contribution < -0.4 is 15.5 Å². The lowest BCUT2D eigenvalue weighted by molar-refractivity contribution is 0.00246. The first-order valence-electron chi connectivity index (χ1n) is 11.2. The zero-order chi connectivity index (χ0) is 21.6. The van der Waals surface area contributed by atoms with Crippen molar-refractivity contribution in [3.63, 3.8) is 0 Å². The summed E-state index contributed by atoms with van der Waals surface area (Å²) in [6, 6.07) is 4.43. The van der Waals surface area contributed by atoms with Crippen LogP contribution in [0.15, 0.2) is 23.2 Å². The van der Waals surface area contributed by atoms with Crippen LogP contribution in [0.5, 0.6) is 0 Å². The van der Waals surface area contributed by atoms with Gasteiger partial charge in [-0.25, -0.2) is 8.78 Å². The molecular weight excluding hydrogens is 404 g/mol. The van der Waals surface area contributed by atoms with E-state index >= 15 is 0 Å². The number of nitrogens with zero attached hydrogens (tertiary/aromatic N) is 3. The van der Waals surface area contributed by atoms with Crippen molar-refractivity contribution >= 4 is 11.6 Å². The van der Waals surface area contributed by atoms with Gasteiger partial charge >= 0.3 is 0 Å². The molecule has 0 saturated carbocycles. The van der Waals surface area contributed by atoms with E-state index in [1.807, 2.05) is 0 Å². The third-order valence-electron chi connectivity index (χ3n) is 6.51. The van der Waals surface area contributed by atoms with Crippen molar-refractivity contribution in [1.82, 2.24) is 15.5 Å². The Balaban J connectivity index is 1.32. The number of morpholine rings is 1. The van der Waals surface area contributed by atoms with Crippen molar-refractivity contribution in [2.24, 2.45) is 10.9 Å². The summed E-state index contributed by atoms with van der Waals surface area (Å²) < 4.78 is 39.4. The number of ether oxygens (including phenoxy) is 2. The van der Waals surface area contributed by atoms with Gasteiger partial charge in [-0.15, -0.1) is 0 Å². The normalized spacial score (nSPS) is 26.3.